The molecule has 4 aliphatic heterocycles. The summed E-state index contributed by atoms with van der Waals surface area (Å²) in [5, 5.41) is 3.36. The third-order valence-corrected chi connectivity index (χ3v) is 8.75. The minimum Gasteiger partial charge on any atom is -0.376 e. The normalized spacial score (nSPS) is 21.8. The molecule has 3 amide bonds. The molecule has 0 aliphatic carbocycles. The molecule has 214 valence electrons. The number of piperazine rings is 1. The number of benzene rings is 2. The number of amidine groups is 2. The molecule has 0 aromatic heterocycles. The summed E-state index contributed by atoms with van der Waals surface area (Å²) in [6, 6.07) is 17.1. The Kier molecular flexibility index (Phi) is 8.33. The Hall–Kier alpha value is -3.70. The molecule has 4 aliphatic rings. The van der Waals surface area contributed by atoms with Crippen LogP contribution in [0.3, 0.4) is 0 Å². The molecule has 2 atom stereocenters. The Labute approximate surface area is 243 Å². The number of nitrogens with zero attached hydrogens (tertiary/aromatic N) is 5. The molecule has 0 spiro atoms. The third-order valence-electron chi connectivity index (χ3n) is 7.82. The van der Waals surface area contributed by atoms with Crippen LogP contribution in [0.5, 0.6) is 0 Å². The van der Waals surface area contributed by atoms with Crippen LogP contribution >= 0.6 is 11.8 Å². The molecule has 2 saturated heterocycles. The van der Waals surface area contributed by atoms with Crippen LogP contribution in [0.1, 0.15) is 31.2 Å². The summed E-state index contributed by atoms with van der Waals surface area (Å²) in [4.78, 5) is 54.3. The van der Waals surface area contributed by atoms with Gasteiger partial charge in [0.05, 0.1) is 17.5 Å². The lowest BCUT2D eigenvalue weighted by Crippen LogP contribution is -2.49. The minimum absolute atomic E-state index is 0.0437. The first-order chi connectivity index (χ1) is 20.1. The van der Waals surface area contributed by atoms with Crippen molar-refractivity contribution in [3.05, 3.63) is 60.2 Å². The number of amides is 3. The van der Waals surface area contributed by atoms with Crippen molar-refractivity contribution >= 4 is 51.9 Å². The molecule has 6 rings (SSSR count). The van der Waals surface area contributed by atoms with E-state index in [0.29, 0.717) is 42.7 Å². The molecular formula is C30H34N6O4S. The number of rotatable bonds is 8. The second kappa shape index (κ2) is 12.4. The molecule has 0 saturated carbocycles. The Bertz CT molecular complexity index is 1350. The Morgan fingerprint density at radius 1 is 1.02 bits per heavy atom. The van der Waals surface area contributed by atoms with Crippen LogP contribution in [0.4, 0.5) is 11.4 Å². The fraction of sp³-hybridized carbons (Fsp3) is 0.433. The Morgan fingerprint density at radius 2 is 1.80 bits per heavy atom. The van der Waals surface area contributed by atoms with E-state index in [1.54, 1.807) is 0 Å². The number of hydrogen-bond donors (Lipinski definition) is 1. The highest BCUT2D eigenvalue weighted by Gasteiger charge is 2.41. The van der Waals surface area contributed by atoms with Gasteiger partial charge >= 0.3 is 0 Å². The van der Waals surface area contributed by atoms with Crippen LogP contribution in [-0.4, -0.2) is 95.8 Å². The Balaban J connectivity index is 1.06. The summed E-state index contributed by atoms with van der Waals surface area (Å²) in [7, 11) is 0. The summed E-state index contributed by atoms with van der Waals surface area (Å²) in [6.45, 7) is 4.10. The van der Waals surface area contributed by atoms with Crippen molar-refractivity contribution in [3.63, 3.8) is 0 Å². The van der Waals surface area contributed by atoms with Gasteiger partial charge in [-0.25, -0.2) is 9.89 Å². The lowest BCUT2D eigenvalue weighted by Gasteiger charge is -2.36. The van der Waals surface area contributed by atoms with Crippen LogP contribution < -0.4 is 10.2 Å². The highest BCUT2D eigenvalue weighted by atomic mass is 32.2. The van der Waals surface area contributed by atoms with Gasteiger partial charge in [0.2, 0.25) is 11.8 Å². The number of para-hydroxylation sites is 2. The van der Waals surface area contributed by atoms with Gasteiger partial charge in [-0.3, -0.25) is 19.4 Å². The van der Waals surface area contributed by atoms with Crippen molar-refractivity contribution < 1.29 is 19.1 Å². The maximum absolute atomic E-state index is 13.6. The SMILES string of the molecule is O=C(CSC1=Nc2ccccc2C2=N[C@@H](CCC(=O)N3CCN(c4ccccc4)CC3)C(=O)N12)NC[C@@H]1CCCO1. The van der Waals surface area contributed by atoms with E-state index < -0.39 is 6.04 Å². The van der Waals surface area contributed by atoms with Crippen molar-refractivity contribution in [1.29, 1.82) is 0 Å². The standard InChI is InChI=1S/C30H34N6O4S/c37-26(31-19-22-9-6-18-40-22)20-41-30-33-24-11-5-4-10-23(24)28-32-25(29(39)36(28)30)12-13-27(38)35-16-14-34(15-17-35)21-7-2-1-3-8-21/h1-5,7-8,10-11,22,25H,6,9,12-20H2,(H,31,37)/t22-,25-/m0/s1. The van der Waals surface area contributed by atoms with Crippen LogP contribution in [0.15, 0.2) is 64.6 Å². The highest BCUT2D eigenvalue weighted by Crippen LogP contribution is 2.34. The average Bonchev–Trinajstić information content (AvgIpc) is 3.66. The van der Waals surface area contributed by atoms with Crippen LogP contribution in [0.25, 0.3) is 0 Å². The van der Waals surface area contributed by atoms with E-state index in [1.807, 2.05) is 47.4 Å². The van der Waals surface area contributed by atoms with Gasteiger partial charge in [-0.05, 0) is 43.5 Å². The zero-order valence-corrected chi connectivity index (χ0v) is 23.7. The van der Waals surface area contributed by atoms with Gasteiger partial charge in [0.1, 0.15) is 11.9 Å². The maximum atomic E-state index is 13.6. The fourth-order valence-corrected chi connectivity index (χ4v) is 6.40. The van der Waals surface area contributed by atoms with E-state index >= 15 is 0 Å². The number of hydrogen-bond acceptors (Lipinski definition) is 8. The van der Waals surface area contributed by atoms with E-state index in [9.17, 15) is 14.4 Å². The maximum Gasteiger partial charge on any atom is 0.259 e. The van der Waals surface area contributed by atoms with Gasteiger partial charge in [0.15, 0.2) is 5.17 Å². The smallest absolute Gasteiger partial charge is 0.259 e. The zero-order valence-electron chi connectivity index (χ0n) is 22.9. The molecule has 0 unspecified atom stereocenters. The first-order valence-corrected chi connectivity index (χ1v) is 15.2. The summed E-state index contributed by atoms with van der Waals surface area (Å²) in [5.74, 6) is 0.371. The third kappa shape index (κ3) is 6.15. The minimum atomic E-state index is -0.662. The summed E-state index contributed by atoms with van der Waals surface area (Å²) < 4.78 is 5.58. The number of ether oxygens (including phenoxy) is 1. The molecule has 1 N–H and O–H groups in total. The van der Waals surface area contributed by atoms with Gasteiger partial charge in [-0.2, -0.15) is 0 Å². The first kappa shape index (κ1) is 27.5. The molecular weight excluding hydrogens is 540 g/mol. The topological polar surface area (TPSA) is 107 Å². The molecule has 11 heteroatoms. The van der Waals surface area contributed by atoms with E-state index in [-0.39, 0.29) is 36.0 Å². The van der Waals surface area contributed by atoms with Crippen molar-refractivity contribution in [2.45, 2.75) is 37.8 Å². The number of aliphatic imine (C=N–C) groups is 2. The van der Waals surface area contributed by atoms with E-state index in [4.69, 9.17) is 14.7 Å². The van der Waals surface area contributed by atoms with E-state index in [1.165, 1.54) is 22.3 Å². The predicted octanol–water partition coefficient (Wildman–Crippen LogP) is 2.80. The van der Waals surface area contributed by atoms with Crippen LogP contribution in [0.2, 0.25) is 0 Å². The van der Waals surface area contributed by atoms with Crippen LogP contribution in [-0.2, 0) is 19.1 Å². The van der Waals surface area contributed by atoms with E-state index in [2.05, 4.69) is 22.3 Å². The molecule has 4 heterocycles. The first-order valence-electron chi connectivity index (χ1n) is 14.3. The number of thioether (sulfide) groups is 1. The van der Waals surface area contributed by atoms with Crippen molar-refractivity contribution in [1.82, 2.24) is 15.1 Å². The second-order valence-corrected chi connectivity index (χ2v) is 11.5. The number of carbonyl (C=O) groups excluding carboxylic acids is 3. The predicted molar refractivity (Wildman–Crippen MR) is 160 cm³/mol. The summed E-state index contributed by atoms with van der Waals surface area (Å²) in [5.41, 5.74) is 2.66. The van der Waals surface area contributed by atoms with Crippen molar-refractivity contribution in [3.8, 4) is 0 Å². The fourth-order valence-electron chi connectivity index (χ4n) is 5.57. The van der Waals surface area contributed by atoms with Gasteiger partial charge < -0.3 is 19.9 Å². The van der Waals surface area contributed by atoms with E-state index in [0.717, 1.165) is 38.1 Å². The summed E-state index contributed by atoms with van der Waals surface area (Å²) >= 11 is 1.22. The van der Waals surface area contributed by atoms with Gasteiger partial charge in [-0.1, -0.05) is 42.1 Å². The number of anilines is 1. The summed E-state index contributed by atoms with van der Waals surface area (Å²) in [6.07, 6.45) is 2.62. The molecule has 10 nitrogen and oxygen atoms in total. The van der Waals surface area contributed by atoms with Crippen molar-refractivity contribution in [2.75, 3.05) is 50.0 Å². The second-order valence-electron chi connectivity index (χ2n) is 10.5. The molecule has 0 bridgehead atoms. The number of nitrogens with one attached hydrogen (secondary N) is 1. The Morgan fingerprint density at radius 3 is 2.59 bits per heavy atom. The molecule has 2 aromatic rings. The van der Waals surface area contributed by atoms with Gasteiger partial charge in [0.25, 0.3) is 5.91 Å². The number of fused-ring (bicyclic) bond motifs is 3. The quantitative estimate of drug-likeness (QED) is 0.520. The average molecular weight is 575 g/mol. The largest absolute Gasteiger partial charge is 0.376 e. The lowest BCUT2D eigenvalue weighted by molar-refractivity contribution is -0.132. The monoisotopic (exact) mass is 574 g/mol. The van der Waals surface area contributed by atoms with Crippen molar-refractivity contribution in [2.24, 2.45) is 9.98 Å². The molecule has 2 aromatic carbocycles. The highest BCUT2D eigenvalue weighted by molar-refractivity contribution is 8.14. The van der Waals surface area contributed by atoms with Gasteiger partial charge in [0, 0.05) is 57.0 Å². The van der Waals surface area contributed by atoms with Gasteiger partial charge in [-0.15, -0.1) is 0 Å². The van der Waals surface area contributed by atoms with Crippen LogP contribution in [0, 0.1) is 0 Å². The molecule has 2 fully saturated rings. The number of carbonyl (C=O) groups is 3. The molecule has 41 heavy (non-hydrogen) atoms. The zero-order chi connectivity index (χ0) is 28.2. The lowest BCUT2D eigenvalue weighted by atomic mass is 10.1. The molecule has 0 radical (unpaired) electrons.